The fourth-order valence-electron chi connectivity index (χ4n) is 1.37. The Labute approximate surface area is 104 Å². The molecule has 0 atom stereocenters. The number of benzene rings is 1. The molecule has 1 N–H and O–H groups in total. The summed E-state index contributed by atoms with van der Waals surface area (Å²) in [6.07, 6.45) is 2.10. The quantitative estimate of drug-likeness (QED) is 0.902. The Bertz CT molecular complexity index is 319. The molecule has 0 amide bonds. The third-order valence-corrected chi connectivity index (χ3v) is 3.34. The molecular formula is C11H16BrNOS. The number of nitrogens with zero attached hydrogens (tertiary/aromatic N) is 1. The van der Waals surface area contributed by atoms with Gasteiger partial charge in [0.15, 0.2) is 0 Å². The first-order chi connectivity index (χ1) is 7.19. The zero-order valence-corrected chi connectivity index (χ0v) is 11.4. The average molecular weight is 290 g/mol. The summed E-state index contributed by atoms with van der Waals surface area (Å²) in [6.45, 7) is 1.08. The van der Waals surface area contributed by atoms with E-state index >= 15 is 0 Å². The molecule has 4 heteroatoms. The molecule has 0 saturated carbocycles. The van der Waals surface area contributed by atoms with Gasteiger partial charge in [-0.1, -0.05) is 22.0 Å². The van der Waals surface area contributed by atoms with Crippen molar-refractivity contribution in [3.8, 4) is 0 Å². The number of hydrogen-bond donors (Lipinski definition) is 1. The smallest absolute Gasteiger partial charge is 0.0702 e. The van der Waals surface area contributed by atoms with Crippen molar-refractivity contribution in [3.05, 3.63) is 28.2 Å². The Morgan fingerprint density at radius 3 is 2.80 bits per heavy atom. The van der Waals surface area contributed by atoms with Crippen molar-refractivity contribution in [2.45, 2.75) is 6.61 Å². The molecule has 1 aromatic rings. The summed E-state index contributed by atoms with van der Waals surface area (Å²) in [4.78, 5) is 2.17. The summed E-state index contributed by atoms with van der Waals surface area (Å²) in [5.74, 6) is 1.09. The molecule has 0 aliphatic heterocycles. The topological polar surface area (TPSA) is 23.5 Å². The number of anilines is 1. The van der Waals surface area contributed by atoms with E-state index in [9.17, 15) is 5.11 Å². The molecule has 0 aliphatic carbocycles. The number of hydrogen-bond acceptors (Lipinski definition) is 3. The van der Waals surface area contributed by atoms with Crippen LogP contribution in [0.3, 0.4) is 0 Å². The van der Waals surface area contributed by atoms with Gasteiger partial charge in [0, 0.05) is 35.1 Å². The fourth-order valence-corrected chi connectivity index (χ4v) is 2.18. The maximum absolute atomic E-state index is 9.24. The van der Waals surface area contributed by atoms with Crippen LogP contribution in [-0.2, 0) is 6.61 Å². The standard InChI is InChI=1S/C11H16BrNOS/c1-13(5-6-15-2)11-7-10(12)4-3-9(11)8-14/h3-4,7,14H,5-6,8H2,1-2H3. The molecule has 84 valence electrons. The van der Waals surface area contributed by atoms with Crippen LogP contribution >= 0.6 is 27.7 Å². The summed E-state index contributed by atoms with van der Waals surface area (Å²) in [5, 5.41) is 9.24. The van der Waals surface area contributed by atoms with Crippen molar-refractivity contribution in [2.75, 3.05) is 30.5 Å². The monoisotopic (exact) mass is 289 g/mol. The first-order valence-electron chi connectivity index (χ1n) is 4.78. The second kappa shape index (κ2) is 6.40. The number of rotatable bonds is 5. The lowest BCUT2D eigenvalue weighted by Gasteiger charge is -2.21. The minimum Gasteiger partial charge on any atom is -0.392 e. The number of halogens is 1. The van der Waals surface area contributed by atoms with Gasteiger partial charge in [0.25, 0.3) is 0 Å². The number of thioether (sulfide) groups is 1. The van der Waals surface area contributed by atoms with E-state index in [1.54, 1.807) is 0 Å². The largest absolute Gasteiger partial charge is 0.392 e. The van der Waals surface area contributed by atoms with Gasteiger partial charge < -0.3 is 10.0 Å². The normalized spacial score (nSPS) is 10.4. The van der Waals surface area contributed by atoms with Gasteiger partial charge in [-0.25, -0.2) is 0 Å². The SMILES string of the molecule is CSCCN(C)c1cc(Br)ccc1CO. The van der Waals surface area contributed by atoms with Crippen LogP contribution in [0.4, 0.5) is 5.69 Å². The minimum absolute atomic E-state index is 0.0895. The highest BCUT2D eigenvalue weighted by atomic mass is 79.9. The summed E-state index contributed by atoms with van der Waals surface area (Å²) >= 11 is 5.27. The highest BCUT2D eigenvalue weighted by Gasteiger charge is 2.06. The van der Waals surface area contributed by atoms with Gasteiger partial charge in [-0.05, 0) is 18.4 Å². The average Bonchev–Trinajstić information content (AvgIpc) is 2.25. The zero-order chi connectivity index (χ0) is 11.3. The van der Waals surface area contributed by atoms with E-state index in [4.69, 9.17) is 0 Å². The third kappa shape index (κ3) is 3.70. The molecule has 0 aromatic heterocycles. The van der Waals surface area contributed by atoms with Crippen molar-refractivity contribution in [2.24, 2.45) is 0 Å². The molecule has 0 unspecified atom stereocenters. The van der Waals surface area contributed by atoms with Crippen molar-refractivity contribution in [3.63, 3.8) is 0 Å². The molecule has 0 radical (unpaired) electrons. The molecular weight excluding hydrogens is 274 g/mol. The number of aliphatic hydroxyl groups excluding tert-OH is 1. The highest BCUT2D eigenvalue weighted by molar-refractivity contribution is 9.10. The first kappa shape index (κ1) is 12.9. The van der Waals surface area contributed by atoms with Crippen LogP contribution in [0.25, 0.3) is 0 Å². The number of aliphatic hydroxyl groups is 1. The summed E-state index contributed by atoms with van der Waals surface area (Å²) < 4.78 is 1.05. The third-order valence-electron chi connectivity index (χ3n) is 2.26. The minimum atomic E-state index is 0.0895. The lowest BCUT2D eigenvalue weighted by Crippen LogP contribution is -2.21. The Morgan fingerprint density at radius 1 is 1.47 bits per heavy atom. The maximum Gasteiger partial charge on any atom is 0.0702 e. The van der Waals surface area contributed by atoms with Gasteiger partial charge in [-0.15, -0.1) is 0 Å². The predicted molar refractivity (Wildman–Crippen MR) is 71.7 cm³/mol. The van der Waals surface area contributed by atoms with Crippen LogP contribution in [0.5, 0.6) is 0 Å². The van der Waals surface area contributed by atoms with Gasteiger partial charge >= 0.3 is 0 Å². The summed E-state index contributed by atoms with van der Waals surface area (Å²) in [7, 11) is 2.05. The van der Waals surface area contributed by atoms with Gasteiger partial charge in [-0.2, -0.15) is 11.8 Å². The van der Waals surface area contributed by atoms with Gasteiger partial charge in [0.1, 0.15) is 0 Å². The first-order valence-corrected chi connectivity index (χ1v) is 6.97. The molecule has 0 aliphatic rings. The van der Waals surface area contributed by atoms with Gasteiger partial charge in [-0.3, -0.25) is 0 Å². The molecule has 1 aromatic carbocycles. The lowest BCUT2D eigenvalue weighted by atomic mass is 10.2. The van der Waals surface area contributed by atoms with E-state index in [-0.39, 0.29) is 6.61 Å². The maximum atomic E-state index is 9.24. The van der Waals surface area contributed by atoms with E-state index in [1.165, 1.54) is 0 Å². The van der Waals surface area contributed by atoms with Crippen LogP contribution in [0.15, 0.2) is 22.7 Å². The van der Waals surface area contributed by atoms with Crippen LogP contribution in [0.1, 0.15) is 5.56 Å². The Balaban J connectivity index is 2.85. The van der Waals surface area contributed by atoms with E-state index in [1.807, 2.05) is 30.0 Å². The van der Waals surface area contributed by atoms with Crippen molar-refractivity contribution in [1.29, 1.82) is 0 Å². The van der Waals surface area contributed by atoms with Gasteiger partial charge in [0.2, 0.25) is 0 Å². The molecule has 0 bridgehead atoms. The molecule has 1 rings (SSSR count). The molecule has 0 heterocycles. The van der Waals surface area contributed by atoms with E-state index in [0.29, 0.717) is 0 Å². The van der Waals surface area contributed by atoms with E-state index < -0.39 is 0 Å². The fraction of sp³-hybridized carbons (Fsp3) is 0.455. The molecule has 2 nitrogen and oxygen atoms in total. The van der Waals surface area contributed by atoms with Crippen molar-refractivity contribution >= 4 is 33.4 Å². The van der Waals surface area contributed by atoms with E-state index in [0.717, 1.165) is 28.0 Å². The molecule has 15 heavy (non-hydrogen) atoms. The van der Waals surface area contributed by atoms with E-state index in [2.05, 4.69) is 34.1 Å². The van der Waals surface area contributed by atoms with Crippen LogP contribution in [0.2, 0.25) is 0 Å². The zero-order valence-electron chi connectivity index (χ0n) is 9.03. The molecule has 0 spiro atoms. The summed E-state index contributed by atoms with van der Waals surface area (Å²) in [6, 6.07) is 5.96. The predicted octanol–water partition coefficient (Wildman–Crippen LogP) is 2.74. The van der Waals surface area contributed by atoms with Crippen LogP contribution in [-0.4, -0.2) is 30.7 Å². The summed E-state index contributed by atoms with van der Waals surface area (Å²) in [5.41, 5.74) is 2.07. The van der Waals surface area contributed by atoms with Crippen LogP contribution < -0.4 is 4.90 Å². The van der Waals surface area contributed by atoms with Crippen molar-refractivity contribution < 1.29 is 5.11 Å². The molecule has 0 saturated heterocycles. The Morgan fingerprint density at radius 2 is 2.20 bits per heavy atom. The molecule has 0 fully saturated rings. The second-order valence-electron chi connectivity index (χ2n) is 3.35. The van der Waals surface area contributed by atoms with Crippen molar-refractivity contribution in [1.82, 2.24) is 0 Å². The Kier molecular flexibility index (Phi) is 5.50. The Hall–Kier alpha value is -0.190. The van der Waals surface area contributed by atoms with Crippen LogP contribution in [0, 0.1) is 0 Å². The van der Waals surface area contributed by atoms with Gasteiger partial charge in [0.05, 0.1) is 6.61 Å². The lowest BCUT2D eigenvalue weighted by molar-refractivity contribution is 0.282. The highest BCUT2D eigenvalue weighted by Crippen LogP contribution is 2.24. The second-order valence-corrected chi connectivity index (χ2v) is 5.25.